The van der Waals surface area contributed by atoms with Crippen molar-refractivity contribution in [2.24, 2.45) is 4.99 Å². The molecule has 32 heavy (non-hydrogen) atoms. The van der Waals surface area contributed by atoms with E-state index in [-0.39, 0.29) is 12.5 Å². The van der Waals surface area contributed by atoms with Gasteiger partial charge in [-0.05, 0) is 44.1 Å². The number of likely N-dealkylation sites (tertiary alicyclic amines) is 2. The first kappa shape index (κ1) is 23.1. The molecule has 2 saturated heterocycles. The normalized spacial score (nSPS) is 22.0. The number of amides is 1. The smallest absolute Gasteiger partial charge is 0.243 e. The summed E-state index contributed by atoms with van der Waals surface area (Å²) in [5, 5.41) is 7.31. The molecule has 2 N–H and O–H groups in total. The number of hydrogen-bond donors (Lipinski definition) is 2. The van der Waals surface area contributed by atoms with E-state index >= 15 is 0 Å². The predicted molar refractivity (Wildman–Crippen MR) is 130 cm³/mol. The lowest BCUT2D eigenvalue weighted by Crippen LogP contribution is -2.53. The average Bonchev–Trinajstić information content (AvgIpc) is 3.65. The number of carbonyl (C=O) groups is 1. The molecular weight excluding hydrogens is 400 g/mol. The highest BCUT2D eigenvalue weighted by molar-refractivity contribution is 5.85. The third-order valence-electron chi connectivity index (χ3n) is 6.98. The van der Waals surface area contributed by atoms with Crippen LogP contribution in [0.15, 0.2) is 35.3 Å². The van der Waals surface area contributed by atoms with Crippen LogP contribution in [0.4, 0.5) is 0 Å². The van der Waals surface area contributed by atoms with Crippen molar-refractivity contribution in [1.82, 2.24) is 25.3 Å². The van der Waals surface area contributed by atoms with Gasteiger partial charge < -0.3 is 20.4 Å². The van der Waals surface area contributed by atoms with Gasteiger partial charge in [0.2, 0.25) is 5.91 Å². The number of hydrogen-bond acceptors (Lipinski definition) is 4. The van der Waals surface area contributed by atoms with Gasteiger partial charge in [-0.2, -0.15) is 0 Å². The van der Waals surface area contributed by atoms with Crippen LogP contribution < -0.4 is 10.6 Å². The molecule has 4 rings (SSSR count). The Kier molecular flexibility index (Phi) is 8.03. The number of aliphatic imine (C=N–C) groups is 1. The van der Waals surface area contributed by atoms with Crippen LogP contribution in [0.3, 0.4) is 0 Å². The Morgan fingerprint density at radius 1 is 0.938 bits per heavy atom. The van der Waals surface area contributed by atoms with Crippen molar-refractivity contribution in [3.05, 3.63) is 35.9 Å². The molecule has 1 saturated carbocycles. The molecule has 0 unspecified atom stereocenters. The van der Waals surface area contributed by atoms with Crippen LogP contribution in [0.2, 0.25) is 0 Å². The van der Waals surface area contributed by atoms with Crippen LogP contribution >= 0.6 is 0 Å². The molecule has 1 aromatic rings. The number of likely N-dealkylation sites (N-methyl/N-ethyl adjacent to an activating group) is 1. The fraction of sp³-hybridized carbons (Fsp3) is 0.680. The lowest BCUT2D eigenvalue weighted by atomic mass is 10.0. The maximum Gasteiger partial charge on any atom is 0.243 e. The first-order valence-corrected chi connectivity index (χ1v) is 12.3. The molecule has 1 amide bonds. The highest BCUT2D eigenvalue weighted by atomic mass is 16.2. The molecule has 2 aliphatic heterocycles. The molecule has 7 heteroatoms. The third kappa shape index (κ3) is 6.94. The lowest BCUT2D eigenvalue weighted by Gasteiger charge is -2.35. The number of carbonyl (C=O) groups excluding carboxylic acids is 1. The van der Waals surface area contributed by atoms with E-state index in [1.54, 1.807) is 19.0 Å². The summed E-state index contributed by atoms with van der Waals surface area (Å²) >= 11 is 0. The van der Waals surface area contributed by atoms with Crippen molar-refractivity contribution in [3.63, 3.8) is 0 Å². The zero-order chi connectivity index (χ0) is 22.3. The Morgan fingerprint density at radius 2 is 1.53 bits per heavy atom. The Morgan fingerprint density at radius 3 is 2.09 bits per heavy atom. The van der Waals surface area contributed by atoms with Crippen molar-refractivity contribution in [1.29, 1.82) is 0 Å². The molecule has 2 heterocycles. The first-order valence-electron chi connectivity index (χ1n) is 12.3. The summed E-state index contributed by atoms with van der Waals surface area (Å²) in [4.78, 5) is 23.6. The molecule has 1 aromatic carbocycles. The Labute approximate surface area is 193 Å². The van der Waals surface area contributed by atoms with Gasteiger partial charge in [0, 0.05) is 64.9 Å². The molecule has 3 aliphatic rings. The summed E-state index contributed by atoms with van der Waals surface area (Å²) in [6.45, 7) is 5.71. The number of rotatable bonds is 7. The minimum atomic E-state index is 0.0346. The molecule has 176 valence electrons. The van der Waals surface area contributed by atoms with E-state index in [0.29, 0.717) is 12.1 Å². The zero-order valence-corrected chi connectivity index (χ0v) is 19.8. The SMILES string of the molecule is CN(C)C(=O)CN=C(NC1CCN(Cc2ccccc2)CC1)NC1CCN(C2CC2)CC1. The molecule has 0 aromatic heterocycles. The first-order chi connectivity index (χ1) is 15.6. The summed E-state index contributed by atoms with van der Waals surface area (Å²) in [6, 6.07) is 12.4. The van der Waals surface area contributed by atoms with Crippen LogP contribution in [0.5, 0.6) is 0 Å². The molecular formula is C25H40N6O. The van der Waals surface area contributed by atoms with Crippen LogP contribution in [0.1, 0.15) is 44.1 Å². The summed E-state index contributed by atoms with van der Waals surface area (Å²) in [5.41, 5.74) is 1.38. The quantitative estimate of drug-likeness (QED) is 0.501. The number of nitrogens with one attached hydrogen (secondary N) is 2. The van der Waals surface area contributed by atoms with Crippen molar-refractivity contribution in [2.75, 3.05) is 46.8 Å². The Balaban J connectivity index is 1.28. The average molecular weight is 441 g/mol. The molecule has 0 atom stereocenters. The van der Waals surface area contributed by atoms with Crippen molar-refractivity contribution in [3.8, 4) is 0 Å². The number of benzene rings is 1. The van der Waals surface area contributed by atoms with Crippen molar-refractivity contribution < 1.29 is 4.79 Å². The van der Waals surface area contributed by atoms with Crippen LogP contribution in [-0.2, 0) is 11.3 Å². The van der Waals surface area contributed by atoms with E-state index < -0.39 is 0 Å². The largest absolute Gasteiger partial charge is 0.354 e. The van der Waals surface area contributed by atoms with E-state index in [1.165, 1.54) is 31.5 Å². The van der Waals surface area contributed by atoms with E-state index in [0.717, 1.165) is 57.3 Å². The molecule has 0 spiro atoms. The van der Waals surface area contributed by atoms with Crippen LogP contribution in [0.25, 0.3) is 0 Å². The van der Waals surface area contributed by atoms with Gasteiger partial charge in [0.25, 0.3) is 0 Å². The standard InChI is InChI=1S/C25H40N6O/c1-29(2)24(32)18-26-25(28-22-12-16-31(17-13-22)23-8-9-23)27-21-10-14-30(15-11-21)19-20-6-4-3-5-7-20/h3-7,21-23H,8-19H2,1-2H3,(H2,26,27,28). The van der Waals surface area contributed by atoms with E-state index in [4.69, 9.17) is 0 Å². The maximum atomic E-state index is 12.1. The number of guanidine groups is 1. The highest BCUT2D eigenvalue weighted by Gasteiger charge is 2.32. The van der Waals surface area contributed by atoms with E-state index in [1.807, 2.05) is 0 Å². The molecule has 3 fully saturated rings. The molecule has 7 nitrogen and oxygen atoms in total. The Hall–Kier alpha value is -2.12. The fourth-order valence-corrected chi connectivity index (χ4v) is 4.73. The topological polar surface area (TPSA) is 63.2 Å². The fourth-order valence-electron chi connectivity index (χ4n) is 4.73. The second-order valence-electron chi connectivity index (χ2n) is 9.82. The highest BCUT2D eigenvalue weighted by Crippen LogP contribution is 2.29. The van der Waals surface area contributed by atoms with Crippen molar-refractivity contribution in [2.45, 2.75) is 63.2 Å². The van der Waals surface area contributed by atoms with Gasteiger partial charge in [0.05, 0.1) is 0 Å². The van der Waals surface area contributed by atoms with Gasteiger partial charge in [-0.1, -0.05) is 30.3 Å². The lowest BCUT2D eigenvalue weighted by molar-refractivity contribution is -0.127. The monoisotopic (exact) mass is 440 g/mol. The van der Waals surface area contributed by atoms with Gasteiger partial charge in [-0.3, -0.25) is 9.69 Å². The number of piperidine rings is 2. The minimum Gasteiger partial charge on any atom is -0.354 e. The van der Waals surface area contributed by atoms with Crippen molar-refractivity contribution >= 4 is 11.9 Å². The predicted octanol–water partition coefficient (Wildman–Crippen LogP) is 1.90. The van der Waals surface area contributed by atoms with Crippen LogP contribution in [0, 0.1) is 0 Å². The summed E-state index contributed by atoms with van der Waals surface area (Å²) in [5.74, 6) is 0.846. The second-order valence-corrected chi connectivity index (χ2v) is 9.82. The summed E-state index contributed by atoms with van der Waals surface area (Å²) < 4.78 is 0. The summed E-state index contributed by atoms with van der Waals surface area (Å²) in [7, 11) is 3.57. The Bertz CT molecular complexity index is 747. The van der Waals surface area contributed by atoms with Gasteiger partial charge in [-0.25, -0.2) is 4.99 Å². The second kappa shape index (κ2) is 11.1. The summed E-state index contributed by atoms with van der Waals surface area (Å²) in [6.07, 6.45) is 7.23. The minimum absolute atomic E-state index is 0.0346. The third-order valence-corrected chi connectivity index (χ3v) is 6.98. The maximum absolute atomic E-state index is 12.1. The van der Waals surface area contributed by atoms with Gasteiger partial charge >= 0.3 is 0 Å². The van der Waals surface area contributed by atoms with Gasteiger partial charge in [0.15, 0.2) is 5.96 Å². The van der Waals surface area contributed by atoms with Gasteiger partial charge in [-0.15, -0.1) is 0 Å². The van der Waals surface area contributed by atoms with Gasteiger partial charge in [0.1, 0.15) is 6.54 Å². The molecule has 0 radical (unpaired) electrons. The number of nitrogens with zero attached hydrogens (tertiary/aromatic N) is 4. The van der Waals surface area contributed by atoms with E-state index in [9.17, 15) is 4.79 Å². The van der Waals surface area contributed by atoms with Crippen LogP contribution in [-0.4, -0.2) is 91.5 Å². The zero-order valence-electron chi connectivity index (χ0n) is 19.8. The molecule has 1 aliphatic carbocycles. The van der Waals surface area contributed by atoms with E-state index in [2.05, 4.69) is 55.8 Å². The molecule has 0 bridgehead atoms.